The third-order valence-corrected chi connectivity index (χ3v) is 2.52. The highest BCUT2D eigenvalue weighted by molar-refractivity contribution is 5.85. The van der Waals surface area contributed by atoms with Crippen LogP contribution in [0.25, 0.3) is 0 Å². The Morgan fingerprint density at radius 2 is 1.83 bits per heavy atom. The van der Waals surface area contributed by atoms with E-state index in [-0.39, 0.29) is 30.6 Å². The van der Waals surface area contributed by atoms with Crippen LogP contribution in [0.3, 0.4) is 0 Å². The van der Waals surface area contributed by atoms with E-state index in [1.165, 1.54) is 6.07 Å². The van der Waals surface area contributed by atoms with E-state index >= 15 is 0 Å². The fourth-order valence-electron chi connectivity index (χ4n) is 1.78. The lowest BCUT2D eigenvalue weighted by atomic mass is 10.2. The maximum atomic E-state index is 12.0. The Balaban J connectivity index is 0.00000144. The molecule has 0 unspecified atom stereocenters. The van der Waals surface area contributed by atoms with Crippen LogP contribution in [0.2, 0.25) is 0 Å². The fourth-order valence-corrected chi connectivity index (χ4v) is 1.78. The molecule has 1 aliphatic rings. The van der Waals surface area contributed by atoms with E-state index < -0.39 is 6.61 Å². The Morgan fingerprint density at radius 1 is 1.17 bits per heavy atom. The van der Waals surface area contributed by atoms with E-state index in [1.54, 1.807) is 12.1 Å². The van der Waals surface area contributed by atoms with E-state index in [2.05, 4.69) is 15.0 Å². The molecule has 7 heteroatoms. The molecule has 0 radical (unpaired) electrons. The summed E-state index contributed by atoms with van der Waals surface area (Å²) in [6, 6.07) is 6.83. The summed E-state index contributed by atoms with van der Waals surface area (Å²) in [5.74, 6) is 0.214. The summed E-state index contributed by atoms with van der Waals surface area (Å²) < 4.78 is 28.5. The average molecular weight is 301 g/mol. The molecule has 3 nitrogen and oxygen atoms in total. The number of nitrogens with one attached hydrogen (secondary N) is 1. The normalized spacial score (nSPS) is 14.7. The van der Waals surface area contributed by atoms with Gasteiger partial charge in [-0.25, -0.2) is 0 Å². The zero-order chi connectivity index (χ0) is 11.4. The lowest BCUT2D eigenvalue weighted by molar-refractivity contribution is -0.0498. The lowest BCUT2D eigenvalue weighted by Crippen LogP contribution is -2.43. The Hall–Kier alpha value is -0.780. The molecule has 1 fully saturated rings. The number of nitrogens with zero attached hydrogens (tertiary/aromatic N) is 1. The van der Waals surface area contributed by atoms with Gasteiger partial charge in [-0.1, -0.05) is 6.07 Å². The predicted octanol–water partition coefficient (Wildman–Crippen LogP) is 2.54. The summed E-state index contributed by atoms with van der Waals surface area (Å²) in [5, 5.41) is 3.24. The highest BCUT2D eigenvalue weighted by Gasteiger charge is 2.11. The van der Waals surface area contributed by atoms with E-state index in [0.717, 1.165) is 31.9 Å². The van der Waals surface area contributed by atoms with Crippen LogP contribution in [-0.4, -0.2) is 32.8 Å². The number of hydrogen-bond acceptors (Lipinski definition) is 3. The minimum Gasteiger partial charge on any atom is -0.435 e. The minimum absolute atomic E-state index is 0. The zero-order valence-corrected chi connectivity index (χ0v) is 11.3. The van der Waals surface area contributed by atoms with Gasteiger partial charge >= 0.3 is 6.61 Å². The van der Waals surface area contributed by atoms with Crippen molar-refractivity contribution >= 4 is 30.5 Å². The summed E-state index contributed by atoms with van der Waals surface area (Å²) in [6.45, 7) is 0.842. The summed E-state index contributed by atoms with van der Waals surface area (Å²) in [6.07, 6.45) is 0. The quantitative estimate of drug-likeness (QED) is 0.928. The van der Waals surface area contributed by atoms with Gasteiger partial charge in [-0.3, -0.25) is 0 Å². The SMILES string of the molecule is Cl.Cl.FC(F)Oc1cccc(N2CCNCC2)c1. The van der Waals surface area contributed by atoms with Crippen LogP contribution in [0.4, 0.5) is 14.5 Å². The highest BCUT2D eigenvalue weighted by Crippen LogP contribution is 2.22. The van der Waals surface area contributed by atoms with Gasteiger partial charge in [-0.2, -0.15) is 8.78 Å². The molecule has 104 valence electrons. The molecule has 0 aliphatic carbocycles. The lowest BCUT2D eigenvalue weighted by Gasteiger charge is -2.29. The molecule has 0 spiro atoms. The van der Waals surface area contributed by atoms with E-state index in [1.807, 2.05) is 6.07 Å². The Bertz CT molecular complexity index is 350. The zero-order valence-electron chi connectivity index (χ0n) is 9.64. The predicted molar refractivity (Wildman–Crippen MR) is 72.7 cm³/mol. The standard InChI is InChI=1S/C11H14F2N2O.2ClH/c12-11(13)16-10-3-1-2-9(8-10)15-6-4-14-5-7-15;;/h1-3,8,11,14H,4-7H2;2*1H. The van der Waals surface area contributed by atoms with Gasteiger partial charge in [0.25, 0.3) is 0 Å². The third kappa shape index (κ3) is 4.84. The first-order chi connectivity index (χ1) is 7.75. The monoisotopic (exact) mass is 300 g/mol. The van der Waals surface area contributed by atoms with Crippen molar-refractivity contribution in [2.45, 2.75) is 6.61 Å². The van der Waals surface area contributed by atoms with Crippen LogP contribution in [0.1, 0.15) is 0 Å². The summed E-state index contributed by atoms with van der Waals surface area (Å²) in [7, 11) is 0. The van der Waals surface area contributed by atoms with Gasteiger partial charge < -0.3 is 15.0 Å². The van der Waals surface area contributed by atoms with Crippen molar-refractivity contribution < 1.29 is 13.5 Å². The van der Waals surface area contributed by atoms with Crippen LogP contribution in [0.5, 0.6) is 5.75 Å². The second-order valence-electron chi connectivity index (χ2n) is 3.61. The van der Waals surface area contributed by atoms with Gasteiger partial charge in [-0.15, -0.1) is 24.8 Å². The van der Waals surface area contributed by atoms with Gasteiger partial charge in [0.1, 0.15) is 5.75 Å². The van der Waals surface area contributed by atoms with Crippen LogP contribution >= 0.6 is 24.8 Å². The fraction of sp³-hybridized carbons (Fsp3) is 0.455. The number of hydrogen-bond donors (Lipinski definition) is 1. The maximum Gasteiger partial charge on any atom is 0.387 e. The van der Waals surface area contributed by atoms with Crippen molar-refractivity contribution in [3.05, 3.63) is 24.3 Å². The molecule has 18 heavy (non-hydrogen) atoms. The molecule has 0 bridgehead atoms. The van der Waals surface area contributed by atoms with Gasteiger partial charge in [-0.05, 0) is 12.1 Å². The number of rotatable bonds is 3. The second kappa shape index (κ2) is 8.34. The molecule has 1 saturated heterocycles. The van der Waals surface area contributed by atoms with Crippen molar-refractivity contribution in [2.75, 3.05) is 31.1 Å². The molecule has 1 aromatic carbocycles. The first-order valence-electron chi connectivity index (χ1n) is 5.26. The van der Waals surface area contributed by atoms with Gasteiger partial charge in [0, 0.05) is 37.9 Å². The largest absolute Gasteiger partial charge is 0.435 e. The van der Waals surface area contributed by atoms with Gasteiger partial charge in [0.05, 0.1) is 0 Å². The molecule has 1 aliphatic heterocycles. The first-order valence-corrected chi connectivity index (χ1v) is 5.26. The maximum absolute atomic E-state index is 12.0. The van der Waals surface area contributed by atoms with Crippen LogP contribution in [-0.2, 0) is 0 Å². The van der Waals surface area contributed by atoms with Crippen molar-refractivity contribution in [3.8, 4) is 5.75 Å². The second-order valence-corrected chi connectivity index (χ2v) is 3.61. The molecule has 2 rings (SSSR count). The topological polar surface area (TPSA) is 24.5 Å². The molecular formula is C11H16Cl2F2N2O. The van der Waals surface area contributed by atoms with Crippen LogP contribution in [0.15, 0.2) is 24.3 Å². The smallest absolute Gasteiger partial charge is 0.387 e. The average Bonchev–Trinajstić information content (AvgIpc) is 2.30. The minimum atomic E-state index is -2.77. The molecule has 1 aromatic rings. The molecule has 0 aromatic heterocycles. The Morgan fingerprint density at radius 3 is 2.44 bits per heavy atom. The molecule has 1 heterocycles. The number of ether oxygens (including phenoxy) is 1. The van der Waals surface area contributed by atoms with Gasteiger partial charge in [0.15, 0.2) is 0 Å². The number of piperazine rings is 1. The van der Waals surface area contributed by atoms with E-state index in [9.17, 15) is 8.78 Å². The van der Waals surface area contributed by atoms with Crippen molar-refractivity contribution in [1.29, 1.82) is 0 Å². The number of alkyl halides is 2. The summed E-state index contributed by atoms with van der Waals surface area (Å²) in [4.78, 5) is 2.15. The Kier molecular flexibility index (Phi) is 7.98. The van der Waals surface area contributed by atoms with Gasteiger partial charge in [0.2, 0.25) is 0 Å². The number of halogens is 4. The summed E-state index contributed by atoms with van der Waals surface area (Å²) >= 11 is 0. The first kappa shape index (κ1) is 17.2. The van der Waals surface area contributed by atoms with Crippen LogP contribution < -0.4 is 15.0 Å². The van der Waals surface area contributed by atoms with Crippen molar-refractivity contribution in [2.24, 2.45) is 0 Å². The van der Waals surface area contributed by atoms with Crippen molar-refractivity contribution in [3.63, 3.8) is 0 Å². The Labute approximate surface area is 117 Å². The molecule has 1 N–H and O–H groups in total. The van der Waals surface area contributed by atoms with Crippen LogP contribution in [0, 0.1) is 0 Å². The third-order valence-electron chi connectivity index (χ3n) is 2.52. The van der Waals surface area contributed by atoms with E-state index in [0.29, 0.717) is 0 Å². The number of benzene rings is 1. The van der Waals surface area contributed by atoms with Crippen molar-refractivity contribution in [1.82, 2.24) is 5.32 Å². The number of anilines is 1. The van der Waals surface area contributed by atoms with E-state index in [4.69, 9.17) is 0 Å². The highest BCUT2D eigenvalue weighted by atomic mass is 35.5. The molecule has 0 amide bonds. The molecule has 0 atom stereocenters. The molecular weight excluding hydrogens is 285 g/mol. The summed E-state index contributed by atoms with van der Waals surface area (Å²) in [5.41, 5.74) is 0.930. The molecule has 0 saturated carbocycles.